The SMILES string of the molecule is CC(CC(=O)C(NC(=O)c1ccc2ccccc2c1)C(C)C)C(=O)NC(CC(=O)OC(C)(C)C)C(=O)COC(=O)c1c(Cl)cccc1Cl. The number of carbonyl (C=O) groups excluding carboxylic acids is 6. The van der Waals surface area contributed by atoms with Crippen LogP contribution in [0, 0.1) is 11.8 Å². The second kappa shape index (κ2) is 16.7. The lowest BCUT2D eigenvalue weighted by Crippen LogP contribution is -2.48. The summed E-state index contributed by atoms with van der Waals surface area (Å²) in [6.45, 7) is 9.18. The molecule has 0 aliphatic carbocycles. The molecular weight excluding hydrogens is 659 g/mol. The predicted octanol–water partition coefficient (Wildman–Crippen LogP) is 6.14. The molecule has 0 aliphatic rings. The van der Waals surface area contributed by atoms with Gasteiger partial charge in [0.25, 0.3) is 5.91 Å². The third-order valence-electron chi connectivity index (χ3n) is 7.28. The van der Waals surface area contributed by atoms with Crippen molar-refractivity contribution in [2.24, 2.45) is 11.8 Å². The lowest BCUT2D eigenvalue weighted by Gasteiger charge is -2.25. The average Bonchev–Trinajstić information content (AvgIpc) is 3.00. The summed E-state index contributed by atoms with van der Waals surface area (Å²) in [4.78, 5) is 78.2. The first-order valence-corrected chi connectivity index (χ1v) is 16.2. The lowest BCUT2D eigenvalue weighted by atomic mass is 9.92. The Labute approximate surface area is 289 Å². The maximum absolute atomic E-state index is 13.4. The third kappa shape index (κ3) is 10.9. The first-order valence-electron chi connectivity index (χ1n) is 15.4. The minimum Gasteiger partial charge on any atom is -0.460 e. The Kier molecular flexibility index (Phi) is 13.3. The molecule has 48 heavy (non-hydrogen) atoms. The Bertz CT molecular complexity index is 1680. The van der Waals surface area contributed by atoms with Crippen LogP contribution < -0.4 is 10.6 Å². The van der Waals surface area contributed by atoms with Crippen LogP contribution in [0.1, 0.15) is 75.1 Å². The van der Waals surface area contributed by atoms with Crippen LogP contribution in [0.25, 0.3) is 10.8 Å². The van der Waals surface area contributed by atoms with Gasteiger partial charge in [-0.25, -0.2) is 4.79 Å². The first-order chi connectivity index (χ1) is 22.5. The monoisotopic (exact) mass is 698 g/mol. The van der Waals surface area contributed by atoms with Crippen LogP contribution >= 0.6 is 23.2 Å². The number of esters is 2. The predicted molar refractivity (Wildman–Crippen MR) is 183 cm³/mol. The van der Waals surface area contributed by atoms with Crippen LogP contribution in [-0.2, 0) is 28.7 Å². The van der Waals surface area contributed by atoms with Crippen molar-refractivity contribution in [1.82, 2.24) is 10.6 Å². The van der Waals surface area contributed by atoms with Gasteiger partial charge in [0.15, 0.2) is 18.2 Å². The highest BCUT2D eigenvalue weighted by molar-refractivity contribution is 6.39. The fraction of sp³-hybridized carbons (Fsp3) is 0.389. The Morgan fingerprint density at radius 3 is 2.00 bits per heavy atom. The van der Waals surface area contributed by atoms with Crippen molar-refractivity contribution in [2.75, 3.05) is 6.61 Å². The highest BCUT2D eigenvalue weighted by Gasteiger charge is 2.32. The molecule has 10 nitrogen and oxygen atoms in total. The second-order valence-electron chi connectivity index (χ2n) is 12.8. The van der Waals surface area contributed by atoms with Crippen molar-refractivity contribution in [2.45, 2.75) is 72.1 Å². The summed E-state index contributed by atoms with van der Waals surface area (Å²) in [5.41, 5.74) is -0.620. The smallest absolute Gasteiger partial charge is 0.341 e. The van der Waals surface area contributed by atoms with Crippen molar-refractivity contribution in [3.63, 3.8) is 0 Å². The number of hydrogen-bond donors (Lipinski definition) is 2. The van der Waals surface area contributed by atoms with Gasteiger partial charge in [-0.3, -0.25) is 24.0 Å². The summed E-state index contributed by atoms with van der Waals surface area (Å²) in [5.74, 6) is -5.30. The summed E-state index contributed by atoms with van der Waals surface area (Å²) in [7, 11) is 0. The second-order valence-corrected chi connectivity index (χ2v) is 13.6. The quantitative estimate of drug-likeness (QED) is 0.191. The van der Waals surface area contributed by atoms with E-state index in [1.807, 2.05) is 30.3 Å². The van der Waals surface area contributed by atoms with Crippen LogP contribution in [0.4, 0.5) is 0 Å². The van der Waals surface area contributed by atoms with Crippen molar-refractivity contribution in [3.05, 3.63) is 81.8 Å². The molecule has 3 unspecified atom stereocenters. The van der Waals surface area contributed by atoms with Gasteiger partial charge in [-0.15, -0.1) is 0 Å². The fourth-order valence-corrected chi connectivity index (χ4v) is 5.36. The number of rotatable bonds is 14. The van der Waals surface area contributed by atoms with E-state index in [2.05, 4.69) is 10.6 Å². The van der Waals surface area contributed by atoms with Gasteiger partial charge in [0.05, 0.1) is 28.1 Å². The molecule has 3 aromatic carbocycles. The molecule has 0 aliphatic heterocycles. The molecule has 3 aromatic rings. The van der Waals surface area contributed by atoms with Gasteiger partial charge < -0.3 is 20.1 Å². The molecule has 3 rings (SSSR count). The van der Waals surface area contributed by atoms with Gasteiger partial charge in [0.2, 0.25) is 5.91 Å². The molecule has 256 valence electrons. The van der Waals surface area contributed by atoms with Crippen molar-refractivity contribution in [3.8, 4) is 0 Å². The zero-order valence-corrected chi connectivity index (χ0v) is 29.2. The Hall–Kier alpha value is -4.28. The summed E-state index contributed by atoms with van der Waals surface area (Å²) in [6.07, 6.45) is -0.816. The Morgan fingerprint density at radius 2 is 1.40 bits per heavy atom. The van der Waals surface area contributed by atoms with E-state index in [0.29, 0.717) is 5.56 Å². The molecule has 2 N–H and O–H groups in total. The van der Waals surface area contributed by atoms with Crippen LogP contribution in [0.3, 0.4) is 0 Å². The van der Waals surface area contributed by atoms with E-state index < -0.39 is 66.2 Å². The molecule has 3 atom stereocenters. The van der Waals surface area contributed by atoms with E-state index in [9.17, 15) is 28.8 Å². The molecule has 12 heteroatoms. The number of ketones is 2. The zero-order chi connectivity index (χ0) is 35.8. The number of hydrogen-bond acceptors (Lipinski definition) is 8. The van der Waals surface area contributed by atoms with Gasteiger partial charge in [-0.05, 0) is 61.7 Å². The molecule has 0 saturated heterocycles. The van der Waals surface area contributed by atoms with E-state index in [-0.39, 0.29) is 33.7 Å². The lowest BCUT2D eigenvalue weighted by molar-refractivity contribution is -0.156. The number of benzene rings is 3. The normalized spacial score (nSPS) is 13.3. The van der Waals surface area contributed by atoms with Gasteiger partial charge in [-0.2, -0.15) is 0 Å². The largest absolute Gasteiger partial charge is 0.460 e. The van der Waals surface area contributed by atoms with E-state index in [0.717, 1.165) is 10.8 Å². The van der Waals surface area contributed by atoms with Gasteiger partial charge in [0, 0.05) is 17.9 Å². The molecule has 0 radical (unpaired) electrons. The first kappa shape index (κ1) is 38.2. The Morgan fingerprint density at radius 1 is 0.771 bits per heavy atom. The number of nitrogens with one attached hydrogen (secondary N) is 2. The number of Topliss-reactive ketones (excluding diaryl/α,β-unsaturated/α-hetero) is 2. The van der Waals surface area contributed by atoms with Gasteiger partial charge >= 0.3 is 11.9 Å². The van der Waals surface area contributed by atoms with E-state index in [1.165, 1.54) is 25.1 Å². The van der Waals surface area contributed by atoms with Crippen LogP contribution in [0.5, 0.6) is 0 Å². The van der Waals surface area contributed by atoms with E-state index in [4.69, 9.17) is 32.7 Å². The van der Waals surface area contributed by atoms with Gasteiger partial charge in [0.1, 0.15) is 11.6 Å². The van der Waals surface area contributed by atoms with Crippen molar-refractivity contribution in [1.29, 1.82) is 0 Å². The molecule has 2 amide bonds. The fourth-order valence-electron chi connectivity index (χ4n) is 4.81. The number of carbonyl (C=O) groups is 6. The number of amides is 2. The summed E-state index contributed by atoms with van der Waals surface area (Å²) < 4.78 is 10.4. The number of ether oxygens (including phenoxy) is 2. The van der Waals surface area contributed by atoms with Crippen molar-refractivity contribution >= 4 is 69.3 Å². The van der Waals surface area contributed by atoms with Gasteiger partial charge in [-0.1, -0.05) is 80.4 Å². The molecule has 0 fully saturated rings. The molecule has 0 bridgehead atoms. The summed E-state index contributed by atoms with van der Waals surface area (Å²) >= 11 is 12.1. The average molecular weight is 700 g/mol. The molecule has 0 heterocycles. The number of fused-ring (bicyclic) bond motifs is 1. The van der Waals surface area contributed by atoms with Crippen LogP contribution in [0.2, 0.25) is 10.0 Å². The third-order valence-corrected chi connectivity index (χ3v) is 7.91. The minimum absolute atomic E-state index is 0.0187. The highest BCUT2D eigenvalue weighted by atomic mass is 35.5. The maximum Gasteiger partial charge on any atom is 0.341 e. The standard InChI is InChI=1S/C36H40Cl2N2O8/c1-20(2)32(40-34(45)24-15-14-22-10-7-8-11-23(22)17-24)28(41)16-21(3)33(44)39-27(18-30(43)48-36(4,5)6)29(42)19-47-35(46)31-25(37)12-9-13-26(31)38/h7-15,17,20-21,27,32H,16,18-19H2,1-6H3,(H,39,44)(H,40,45). The minimum atomic E-state index is -1.44. The molecular formula is C36H40Cl2N2O8. The molecule has 0 saturated carbocycles. The zero-order valence-electron chi connectivity index (χ0n) is 27.7. The maximum atomic E-state index is 13.4. The van der Waals surface area contributed by atoms with E-state index >= 15 is 0 Å². The van der Waals surface area contributed by atoms with E-state index in [1.54, 1.807) is 46.8 Å². The van der Waals surface area contributed by atoms with Crippen LogP contribution in [-0.4, -0.2) is 59.6 Å². The molecule has 0 aromatic heterocycles. The van der Waals surface area contributed by atoms with Crippen LogP contribution in [0.15, 0.2) is 60.7 Å². The highest BCUT2D eigenvalue weighted by Crippen LogP contribution is 2.25. The van der Waals surface area contributed by atoms with Crippen molar-refractivity contribution < 1.29 is 38.2 Å². The molecule has 0 spiro atoms. The Balaban J connectivity index is 1.69. The summed E-state index contributed by atoms with van der Waals surface area (Å²) in [5, 5.41) is 7.18. The summed E-state index contributed by atoms with van der Waals surface area (Å²) in [6, 6.07) is 14.9. The topological polar surface area (TPSA) is 145 Å². The number of halogens is 2.